The molecule has 4 nitrogen and oxygen atoms in total. The van der Waals surface area contributed by atoms with Crippen molar-refractivity contribution in [2.45, 2.75) is 19.4 Å². The van der Waals surface area contributed by atoms with Gasteiger partial charge in [-0.1, -0.05) is 0 Å². The summed E-state index contributed by atoms with van der Waals surface area (Å²) >= 11 is 1.62. The Hall–Kier alpha value is -0.940. The fraction of sp³-hybridized carbons (Fsp3) is 0.556. The van der Waals surface area contributed by atoms with Crippen LogP contribution in [0.2, 0.25) is 0 Å². The van der Waals surface area contributed by atoms with E-state index in [1.54, 1.807) is 11.3 Å². The predicted molar refractivity (Wildman–Crippen MR) is 59.6 cm³/mol. The van der Waals surface area contributed by atoms with Gasteiger partial charge in [-0.2, -0.15) is 0 Å². The van der Waals surface area contributed by atoms with Crippen LogP contribution in [0.25, 0.3) is 0 Å². The number of amidine groups is 1. The Balaban J connectivity index is 2.16. The Morgan fingerprint density at radius 1 is 1.71 bits per heavy atom. The van der Waals surface area contributed by atoms with Gasteiger partial charge in [0.1, 0.15) is 0 Å². The summed E-state index contributed by atoms with van der Waals surface area (Å²) in [5.74, 6) is 0.270. The van der Waals surface area contributed by atoms with Crippen molar-refractivity contribution in [3.8, 4) is 0 Å². The molecule has 1 aromatic rings. The second-order valence-electron chi connectivity index (χ2n) is 3.35. The number of hydrogen-bond donors (Lipinski definition) is 2. The van der Waals surface area contributed by atoms with E-state index in [4.69, 9.17) is 11.1 Å². The Bertz CT molecular complexity index is 270. The van der Waals surface area contributed by atoms with E-state index in [0.29, 0.717) is 6.42 Å². The highest BCUT2D eigenvalue weighted by Crippen LogP contribution is 2.04. The van der Waals surface area contributed by atoms with Crippen molar-refractivity contribution < 1.29 is 0 Å². The van der Waals surface area contributed by atoms with Crippen molar-refractivity contribution in [3.05, 3.63) is 16.6 Å². The van der Waals surface area contributed by atoms with Crippen LogP contribution < -0.4 is 5.73 Å². The van der Waals surface area contributed by atoms with Crippen molar-refractivity contribution >= 4 is 17.2 Å². The van der Waals surface area contributed by atoms with E-state index in [0.717, 1.165) is 25.2 Å². The number of hydrogen-bond acceptors (Lipinski definition) is 4. The van der Waals surface area contributed by atoms with Crippen molar-refractivity contribution in [2.75, 3.05) is 13.6 Å². The zero-order chi connectivity index (χ0) is 10.4. The molecule has 1 heterocycles. The summed E-state index contributed by atoms with van der Waals surface area (Å²) < 4.78 is 0. The van der Waals surface area contributed by atoms with E-state index in [2.05, 4.69) is 22.3 Å². The third-order valence-corrected chi connectivity index (χ3v) is 2.54. The molecule has 78 valence electrons. The molecular weight excluding hydrogens is 196 g/mol. The molecule has 0 saturated carbocycles. The SMILES string of the molecule is CN(CCCC(=N)N)Cc1cscn1. The van der Waals surface area contributed by atoms with Crippen LogP contribution in [0.3, 0.4) is 0 Å². The van der Waals surface area contributed by atoms with Gasteiger partial charge < -0.3 is 10.6 Å². The van der Waals surface area contributed by atoms with Crippen molar-refractivity contribution in [3.63, 3.8) is 0 Å². The molecule has 14 heavy (non-hydrogen) atoms. The lowest BCUT2D eigenvalue weighted by Crippen LogP contribution is -2.21. The molecule has 0 spiro atoms. The van der Waals surface area contributed by atoms with Gasteiger partial charge in [-0.15, -0.1) is 11.3 Å². The maximum Gasteiger partial charge on any atom is 0.0905 e. The lowest BCUT2D eigenvalue weighted by atomic mass is 10.3. The Labute approximate surface area is 88.3 Å². The molecule has 3 N–H and O–H groups in total. The molecule has 0 fully saturated rings. The van der Waals surface area contributed by atoms with Crippen LogP contribution in [0.4, 0.5) is 0 Å². The first-order valence-corrected chi connectivity index (χ1v) is 5.51. The van der Waals surface area contributed by atoms with Crippen molar-refractivity contribution in [1.82, 2.24) is 9.88 Å². The third-order valence-electron chi connectivity index (χ3n) is 1.90. The first-order chi connectivity index (χ1) is 6.68. The smallest absolute Gasteiger partial charge is 0.0905 e. The molecule has 0 saturated heterocycles. The highest BCUT2D eigenvalue weighted by molar-refractivity contribution is 7.07. The van der Waals surface area contributed by atoms with Crippen LogP contribution in [0.1, 0.15) is 18.5 Å². The third kappa shape index (κ3) is 4.34. The minimum Gasteiger partial charge on any atom is -0.388 e. The van der Waals surface area contributed by atoms with Crippen LogP contribution in [0.5, 0.6) is 0 Å². The number of nitrogens with two attached hydrogens (primary N) is 1. The maximum atomic E-state index is 7.08. The number of nitrogens with one attached hydrogen (secondary N) is 1. The Kier molecular flexibility index (Phi) is 4.55. The van der Waals surface area contributed by atoms with Crippen LogP contribution in [-0.2, 0) is 6.54 Å². The van der Waals surface area contributed by atoms with Gasteiger partial charge in [0.2, 0.25) is 0 Å². The molecule has 0 aliphatic rings. The summed E-state index contributed by atoms with van der Waals surface area (Å²) in [7, 11) is 2.06. The molecule has 0 atom stereocenters. The van der Waals surface area contributed by atoms with Gasteiger partial charge in [-0.3, -0.25) is 5.41 Å². The van der Waals surface area contributed by atoms with E-state index in [9.17, 15) is 0 Å². The van der Waals surface area contributed by atoms with Gasteiger partial charge in [0.15, 0.2) is 0 Å². The van der Waals surface area contributed by atoms with Gasteiger partial charge >= 0.3 is 0 Å². The molecule has 0 aliphatic heterocycles. The number of rotatable bonds is 6. The van der Waals surface area contributed by atoms with Crippen molar-refractivity contribution in [1.29, 1.82) is 5.41 Å². The van der Waals surface area contributed by atoms with Crippen molar-refractivity contribution in [2.24, 2.45) is 5.73 Å². The monoisotopic (exact) mass is 212 g/mol. The molecule has 0 bridgehead atoms. The molecule has 1 rings (SSSR count). The van der Waals surface area contributed by atoms with Crippen LogP contribution in [0.15, 0.2) is 10.9 Å². The Morgan fingerprint density at radius 3 is 3.07 bits per heavy atom. The molecule has 5 heteroatoms. The molecule has 1 aromatic heterocycles. The second-order valence-corrected chi connectivity index (χ2v) is 4.07. The van der Waals surface area contributed by atoms with Gasteiger partial charge in [-0.05, 0) is 20.0 Å². The average molecular weight is 212 g/mol. The molecule has 0 unspecified atom stereocenters. The summed E-state index contributed by atoms with van der Waals surface area (Å²) in [4.78, 5) is 6.40. The first kappa shape index (κ1) is 11.1. The molecule has 0 aliphatic carbocycles. The van der Waals surface area contributed by atoms with Crippen LogP contribution >= 0.6 is 11.3 Å². The predicted octanol–water partition coefficient (Wildman–Crippen LogP) is 1.29. The van der Waals surface area contributed by atoms with Gasteiger partial charge in [-0.25, -0.2) is 4.98 Å². The van der Waals surface area contributed by atoms with E-state index in [1.807, 2.05) is 5.51 Å². The fourth-order valence-electron chi connectivity index (χ4n) is 1.21. The number of thiazole rings is 1. The Morgan fingerprint density at radius 2 is 2.50 bits per heavy atom. The highest BCUT2D eigenvalue weighted by Gasteiger charge is 2.01. The maximum absolute atomic E-state index is 7.08. The molecule has 0 radical (unpaired) electrons. The summed E-state index contributed by atoms with van der Waals surface area (Å²) in [6.45, 7) is 1.83. The minimum atomic E-state index is 0.270. The van der Waals surface area contributed by atoms with E-state index >= 15 is 0 Å². The van der Waals surface area contributed by atoms with E-state index in [1.165, 1.54) is 0 Å². The van der Waals surface area contributed by atoms with Crippen LogP contribution in [-0.4, -0.2) is 29.3 Å². The standard InChI is InChI=1S/C9H16N4S/c1-13(4-2-3-9(10)11)5-8-6-14-7-12-8/h6-7H,2-5H2,1H3,(H3,10,11). The first-order valence-electron chi connectivity index (χ1n) is 4.57. The summed E-state index contributed by atoms with van der Waals surface area (Å²) in [6.07, 6.45) is 1.62. The topological polar surface area (TPSA) is 66.0 Å². The van der Waals surface area contributed by atoms with Gasteiger partial charge in [0, 0.05) is 18.3 Å². The lowest BCUT2D eigenvalue weighted by Gasteiger charge is -2.14. The normalized spacial score (nSPS) is 10.7. The molecular formula is C9H16N4S. The summed E-state index contributed by atoms with van der Waals surface area (Å²) in [5.41, 5.74) is 8.23. The van der Waals surface area contributed by atoms with Gasteiger partial charge in [0.25, 0.3) is 0 Å². The molecule has 0 amide bonds. The van der Waals surface area contributed by atoms with Gasteiger partial charge in [0.05, 0.1) is 17.0 Å². The zero-order valence-corrected chi connectivity index (χ0v) is 9.18. The average Bonchev–Trinajstić information content (AvgIpc) is 2.56. The summed E-state index contributed by atoms with van der Waals surface area (Å²) in [6, 6.07) is 0. The quantitative estimate of drug-likeness (QED) is 0.551. The fourth-order valence-corrected chi connectivity index (χ4v) is 1.76. The highest BCUT2D eigenvalue weighted by atomic mass is 32.1. The van der Waals surface area contributed by atoms with E-state index in [-0.39, 0.29) is 5.84 Å². The zero-order valence-electron chi connectivity index (χ0n) is 8.36. The molecule has 0 aromatic carbocycles. The minimum absolute atomic E-state index is 0.270. The lowest BCUT2D eigenvalue weighted by molar-refractivity contribution is 0.321. The number of nitrogens with zero attached hydrogens (tertiary/aromatic N) is 2. The second kappa shape index (κ2) is 5.72. The largest absolute Gasteiger partial charge is 0.388 e. The van der Waals surface area contributed by atoms with E-state index < -0.39 is 0 Å². The number of aromatic nitrogens is 1. The van der Waals surface area contributed by atoms with Crippen LogP contribution in [0, 0.1) is 5.41 Å². The summed E-state index contributed by atoms with van der Waals surface area (Å²) in [5, 5.41) is 9.14.